The zero-order valence-electron chi connectivity index (χ0n) is 12.5. The fraction of sp³-hybridized carbons (Fsp3) is 0.412. The first-order chi connectivity index (χ1) is 11.0. The van der Waals surface area contributed by atoms with Crippen molar-refractivity contribution in [1.29, 1.82) is 0 Å². The van der Waals surface area contributed by atoms with Crippen molar-refractivity contribution in [3.05, 3.63) is 35.9 Å². The molecule has 122 valence electrons. The van der Waals surface area contributed by atoms with E-state index < -0.39 is 17.8 Å². The SMILES string of the molecule is O=C(O)[C@@H]1[C@H](C(=O)NCCc2ccc(O)c(O)c2)[C@H]2C=C[C@H]1C2. The van der Waals surface area contributed by atoms with E-state index in [4.69, 9.17) is 0 Å². The second-order valence-electron chi connectivity index (χ2n) is 6.20. The molecule has 0 aliphatic heterocycles. The molecular formula is C17H19NO5. The summed E-state index contributed by atoms with van der Waals surface area (Å²) in [7, 11) is 0. The molecule has 2 aliphatic rings. The number of carbonyl (C=O) groups is 2. The number of phenols is 2. The van der Waals surface area contributed by atoms with Crippen LogP contribution < -0.4 is 5.32 Å². The highest BCUT2D eigenvalue weighted by Crippen LogP contribution is 2.48. The molecule has 6 nitrogen and oxygen atoms in total. The third kappa shape index (κ3) is 2.88. The van der Waals surface area contributed by atoms with Crippen molar-refractivity contribution < 1.29 is 24.9 Å². The molecule has 0 spiro atoms. The average Bonchev–Trinajstić information content (AvgIpc) is 3.11. The fourth-order valence-corrected chi connectivity index (χ4v) is 3.69. The number of aliphatic carboxylic acids is 1. The van der Waals surface area contributed by atoms with Crippen molar-refractivity contribution >= 4 is 11.9 Å². The molecule has 2 aliphatic carbocycles. The van der Waals surface area contributed by atoms with Crippen molar-refractivity contribution in [2.24, 2.45) is 23.7 Å². The zero-order valence-corrected chi connectivity index (χ0v) is 12.5. The van der Waals surface area contributed by atoms with Gasteiger partial charge in [0.15, 0.2) is 11.5 Å². The third-order valence-electron chi connectivity index (χ3n) is 4.80. The van der Waals surface area contributed by atoms with Gasteiger partial charge < -0.3 is 20.6 Å². The zero-order chi connectivity index (χ0) is 16.6. The van der Waals surface area contributed by atoms with Gasteiger partial charge in [-0.05, 0) is 42.4 Å². The maximum atomic E-state index is 12.4. The van der Waals surface area contributed by atoms with Gasteiger partial charge >= 0.3 is 5.97 Å². The molecule has 1 fully saturated rings. The Bertz CT molecular complexity index is 669. The molecule has 0 radical (unpaired) electrons. The molecule has 0 aromatic heterocycles. The number of benzene rings is 1. The predicted octanol–water partition coefficient (Wildman–Crippen LogP) is 1.28. The van der Waals surface area contributed by atoms with Gasteiger partial charge in [-0.25, -0.2) is 0 Å². The van der Waals surface area contributed by atoms with Crippen LogP contribution in [0.5, 0.6) is 11.5 Å². The lowest BCUT2D eigenvalue weighted by Gasteiger charge is -2.23. The van der Waals surface area contributed by atoms with Gasteiger partial charge in [0, 0.05) is 6.54 Å². The number of hydrogen-bond donors (Lipinski definition) is 4. The summed E-state index contributed by atoms with van der Waals surface area (Å²) in [4.78, 5) is 23.8. The Hall–Kier alpha value is -2.50. The van der Waals surface area contributed by atoms with Crippen LogP contribution in [0.2, 0.25) is 0 Å². The molecule has 6 heteroatoms. The summed E-state index contributed by atoms with van der Waals surface area (Å²) in [5, 5.41) is 30.8. The number of allylic oxidation sites excluding steroid dienone is 2. The highest BCUT2D eigenvalue weighted by Gasteiger charge is 2.51. The Kier molecular flexibility index (Phi) is 3.98. The number of aromatic hydroxyl groups is 2. The van der Waals surface area contributed by atoms with Crippen LogP contribution in [0.25, 0.3) is 0 Å². The molecule has 2 bridgehead atoms. The highest BCUT2D eigenvalue weighted by atomic mass is 16.4. The Labute approximate surface area is 133 Å². The topological polar surface area (TPSA) is 107 Å². The molecule has 0 heterocycles. The molecule has 4 N–H and O–H groups in total. The van der Waals surface area contributed by atoms with E-state index in [1.165, 1.54) is 12.1 Å². The molecule has 0 saturated heterocycles. The first-order valence-electron chi connectivity index (χ1n) is 7.67. The number of hydrogen-bond acceptors (Lipinski definition) is 4. The van der Waals surface area contributed by atoms with Gasteiger partial charge in [-0.15, -0.1) is 0 Å². The summed E-state index contributed by atoms with van der Waals surface area (Å²) >= 11 is 0. The largest absolute Gasteiger partial charge is 0.504 e. The van der Waals surface area contributed by atoms with Crippen molar-refractivity contribution in [3.8, 4) is 11.5 Å². The van der Waals surface area contributed by atoms with Gasteiger partial charge in [0.2, 0.25) is 5.91 Å². The molecule has 3 rings (SSSR count). The number of carbonyl (C=O) groups excluding carboxylic acids is 1. The van der Waals surface area contributed by atoms with Crippen LogP contribution in [0.1, 0.15) is 12.0 Å². The smallest absolute Gasteiger partial charge is 0.307 e. The molecule has 4 atom stereocenters. The Morgan fingerprint density at radius 2 is 1.78 bits per heavy atom. The van der Waals surface area contributed by atoms with Crippen molar-refractivity contribution in [1.82, 2.24) is 5.32 Å². The van der Waals surface area contributed by atoms with Crippen LogP contribution in [0, 0.1) is 23.7 Å². The average molecular weight is 317 g/mol. The van der Waals surface area contributed by atoms with Crippen molar-refractivity contribution in [2.75, 3.05) is 6.54 Å². The maximum absolute atomic E-state index is 12.4. The van der Waals surface area contributed by atoms with E-state index in [1.54, 1.807) is 6.07 Å². The first-order valence-corrected chi connectivity index (χ1v) is 7.67. The summed E-state index contributed by atoms with van der Waals surface area (Å²) in [5.74, 6) is -2.68. The highest BCUT2D eigenvalue weighted by molar-refractivity contribution is 5.86. The number of fused-ring (bicyclic) bond motifs is 2. The van der Waals surface area contributed by atoms with Crippen LogP contribution in [-0.4, -0.2) is 33.7 Å². The van der Waals surface area contributed by atoms with E-state index in [1.807, 2.05) is 12.2 Å². The predicted molar refractivity (Wildman–Crippen MR) is 81.8 cm³/mol. The minimum atomic E-state index is -0.912. The van der Waals surface area contributed by atoms with Crippen LogP contribution in [0.15, 0.2) is 30.4 Å². The minimum Gasteiger partial charge on any atom is -0.504 e. The monoisotopic (exact) mass is 317 g/mol. The third-order valence-corrected chi connectivity index (χ3v) is 4.80. The number of amides is 1. The first kappa shape index (κ1) is 15.4. The van der Waals surface area contributed by atoms with Crippen molar-refractivity contribution in [3.63, 3.8) is 0 Å². The molecular weight excluding hydrogens is 298 g/mol. The lowest BCUT2D eigenvalue weighted by molar-refractivity contribution is -0.147. The number of nitrogens with one attached hydrogen (secondary N) is 1. The molecule has 1 amide bonds. The minimum absolute atomic E-state index is 0.0128. The number of carboxylic acids is 1. The summed E-state index contributed by atoms with van der Waals surface area (Å²) in [5.41, 5.74) is 0.781. The molecule has 1 saturated carbocycles. The van der Waals surface area contributed by atoms with E-state index in [0.717, 1.165) is 12.0 Å². The van der Waals surface area contributed by atoms with E-state index in [2.05, 4.69) is 5.32 Å². The van der Waals surface area contributed by atoms with Crippen molar-refractivity contribution in [2.45, 2.75) is 12.8 Å². The lowest BCUT2D eigenvalue weighted by Crippen LogP contribution is -2.40. The van der Waals surface area contributed by atoms with Crippen LogP contribution >= 0.6 is 0 Å². The van der Waals surface area contributed by atoms with Gasteiger partial charge in [0.25, 0.3) is 0 Å². The Balaban J connectivity index is 1.58. The van der Waals surface area contributed by atoms with Crippen LogP contribution in [0.3, 0.4) is 0 Å². The Morgan fingerprint density at radius 3 is 2.43 bits per heavy atom. The number of rotatable bonds is 5. The second-order valence-corrected chi connectivity index (χ2v) is 6.20. The fourth-order valence-electron chi connectivity index (χ4n) is 3.69. The maximum Gasteiger partial charge on any atom is 0.307 e. The number of phenolic OH excluding ortho intramolecular Hbond substituents is 2. The molecule has 0 unspecified atom stereocenters. The molecule has 1 aromatic carbocycles. The Morgan fingerprint density at radius 1 is 1.09 bits per heavy atom. The normalized spacial score (nSPS) is 28.0. The second kappa shape index (κ2) is 5.95. The standard InChI is InChI=1S/C17H19NO5/c19-12-4-1-9(7-13(12)20)5-6-18-16(21)14-10-2-3-11(8-10)15(14)17(22)23/h1-4,7,10-11,14-15,19-20H,5-6,8H2,(H,18,21)(H,22,23)/t10-,11-,14+,15-/m0/s1. The van der Waals surface area contributed by atoms with Gasteiger partial charge in [-0.1, -0.05) is 18.2 Å². The van der Waals surface area contributed by atoms with E-state index in [-0.39, 0.29) is 29.2 Å². The van der Waals surface area contributed by atoms with Gasteiger partial charge in [-0.3, -0.25) is 9.59 Å². The van der Waals surface area contributed by atoms with Gasteiger partial charge in [-0.2, -0.15) is 0 Å². The number of carboxylic acid groups (broad SMARTS) is 1. The summed E-state index contributed by atoms with van der Waals surface area (Å²) in [6, 6.07) is 4.51. The lowest BCUT2D eigenvalue weighted by atomic mass is 9.82. The quantitative estimate of drug-likeness (QED) is 0.483. The van der Waals surface area contributed by atoms with E-state index in [0.29, 0.717) is 13.0 Å². The van der Waals surface area contributed by atoms with E-state index >= 15 is 0 Å². The van der Waals surface area contributed by atoms with Crippen LogP contribution in [-0.2, 0) is 16.0 Å². The summed E-state index contributed by atoms with van der Waals surface area (Å²) < 4.78 is 0. The molecule has 23 heavy (non-hydrogen) atoms. The van der Waals surface area contributed by atoms with Gasteiger partial charge in [0.05, 0.1) is 11.8 Å². The molecule has 1 aromatic rings. The summed E-state index contributed by atoms with van der Waals surface area (Å²) in [6.45, 7) is 0.354. The summed E-state index contributed by atoms with van der Waals surface area (Å²) in [6.07, 6.45) is 5.09. The van der Waals surface area contributed by atoms with Crippen LogP contribution in [0.4, 0.5) is 0 Å². The van der Waals surface area contributed by atoms with E-state index in [9.17, 15) is 24.9 Å². The van der Waals surface area contributed by atoms with Gasteiger partial charge in [0.1, 0.15) is 0 Å².